The van der Waals surface area contributed by atoms with E-state index in [0.717, 1.165) is 11.6 Å². The molecule has 0 aliphatic heterocycles. The van der Waals surface area contributed by atoms with Crippen LogP contribution >= 0.6 is 0 Å². The maximum atomic E-state index is 12.8. The lowest BCUT2D eigenvalue weighted by Crippen LogP contribution is -2.11. The molecular formula is C14H14F3N3. The van der Waals surface area contributed by atoms with E-state index in [0.29, 0.717) is 5.69 Å². The van der Waals surface area contributed by atoms with Gasteiger partial charge in [0.1, 0.15) is 0 Å². The molecule has 20 heavy (non-hydrogen) atoms. The van der Waals surface area contributed by atoms with Crippen LogP contribution in [-0.4, -0.2) is 4.98 Å². The smallest absolute Gasteiger partial charge is 0.398 e. The third-order valence-corrected chi connectivity index (χ3v) is 2.95. The maximum Gasteiger partial charge on any atom is 0.418 e. The van der Waals surface area contributed by atoms with Gasteiger partial charge in [0, 0.05) is 29.8 Å². The summed E-state index contributed by atoms with van der Waals surface area (Å²) < 4.78 is 38.3. The van der Waals surface area contributed by atoms with Crippen molar-refractivity contribution < 1.29 is 13.2 Å². The van der Waals surface area contributed by atoms with Crippen LogP contribution in [0.15, 0.2) is 42.7 Å². The van der Waals surface area contributed by atoms with E-state index >= 15 is 0 Å². The van der Waals surface area contributed by atoms with Crippen molar-refractivity contribution in [3.8, 4) is 0 Å². The Balaban J connectivity index is 2.22. The van der Waals surface area contributed by atoms with E-state index in [1.54, 1.807) is 24.5 Å². The van der Waals surface area contributed by atoms with E-state index in [9.17, 15) is 13.2 Å². The van der Waals surface area contributed by atoms with Crippen LogP contribution in [0.25, 0.3) is 0 Å². The van der Waals surface area contributed by atoms with Gasteiger partial charge in [-0.2, -0.15) is 13.2 Å². The molecule has 1 atom stereocenters. The number of nitrogens with zero attached hydrogens (tertiary/aromatic N) is 1. The highest BCUT2D eigenvalue weighted by atomic mass is 19.4. The molecule has 1 aromatic carbocycles. The highest BCUT2D eigenvalue weighted by Gasteiger charge is 2.33. The maximum absolute atomic E-state index is 12.8. The van der Waals surface area contributed by atoms with Gasteiger partial charge in [0.2, 0.25) is 0 Å². The molecule has 0 aliphatic carbocycles. The normalized spacial score (nSPS) is 13.0. The first kappa shape index (κ1) is 14.2. The second kappa shape index (κ2) is 5.40. The number of hydrogen-bond acceptors (Lipinski definition) is 3. The van der Waals surface area contributed by atoms with Crippen molar-refractivity contribution in [1.82, 2.24) is 4.98 Å². The largest absolute Gasteiger partial charge is 0.418 e. The van der Waals surface area contributed by atoms with E-state index in [4.69, 9.17) is 5.73 Å². The fourth-order valence-electron chi connectivity index (χ4n) is 1.88. The summed E-state index contributed by atoms with van der Waals surface area (Å²) in [6.07, 6.45) is -1.18. The van der Waals surface area contributed by atoms with Gasteiger partial charge in [-0.3, -0.25) is 4.98 Å². The molecule has 0 saturated carbocycles. The summed E-state index contributed by atoms with van der Waals surface area (Å²) in [5.41, 5.74) is 5.56. The molecule has 106 valence electrons. The monoisotopic (exact) mass is 281 g/mol. The number of pyridine rings is 1. The molecule has 0 spiro atoms. The van der Waals surface area contributed by atoms with Crippen molar-refractivity contribution in [2.75, 3.05) is 11.1 Å². The Morgan fingerprint density at radius 2 is 1.80 bits per heavy atom. The lowest BCUT2D eigenvalue weighted by molar-refractivity contribution is -0.136. The van der Waals surface area contributed by atoms with E-state index in [1.165, 1.54) is 12.1 Å². The quantitative estimate of drug-likeness (QED) is 0.840. The van der Waals surface area contributed by atoms with E-state index < -0.39 is 11.7 Å². The minimum absolute atomic E-state index is 0.136. The Labute approximate surface area is 114 Å². The summed E-state index contributed by atoms with van der Waals surface area (Å²) >= 11 is 0. The number of anilines is 2. The molecule has 0 bridgehead atoms. The molecule has 3 N–H and O–H groups in total. The Hall–Kier alpha value is -2.24. The fourth-order valence-corrected chi connectivity index (χ4v) is 1.88. The molecule has 0 amide bonds. The lowest BCUT2D eigenvalue weighted by atomic mass is 10.1. The topological polar surface area (TPSA) is 50.9 Å². The van der Waals surface area contributed by atoms with Crippen LogP contribution in [0.2, 0.25) is 0 Å². The zero-order valence-electron chi connectivity index (χ0n) is 10.8. The van der Waals surface area contributed by atoms with Crippen LogP contribution in [0.3, 0.4) is 0 Å². The predicted molar refractivity (Wildman–Crippen MR) is 72.1 cm³/mol. The zero-order valence-corrected chi connectivity index (χ0v) is 10.8. The number of benzene rings is 1. The number of nitrogens with two attached hydrogens (primary N) is 1. The molecule has 1 heterocycles. The van der Waals surface area contributed by atoms with Gasteiger partial charge in [-0.15, -0.1) is 0 Å². The second-order valence-electron chi connectivity index (χ2n) is 4.45. The van der Waals surface area contributed by atoms with E-state index in [-0.39, 0.29) is 11.7 Å². The van der Waals surface area contributed by atoms with Gasteiger partial charge < -0.3 is 11.1 Å². The summed E-state index contributed by atoms with van der Waals surface area (Å²) in [5, 5.41) is 3.01. The van der Waals surface area contributed by atoms with Crippen LogP contribution in [0.1, 0.15) is 24.1 Å². The average Bonchev–Trinajstić information content (AvgIpc) is 2.40. The van der Waals surface area contributed by atoms with Gasteiger partial charge in [-0.05, 0) is 42.8 Å². The standard InChI is InChI=1S/C14H14F3N3/c1-9(10-4-6-19-7-5-10)20-11-2-3-13(18)12(8-11)14(15,16)17/h2-9,20H,18H2,1H3. The van der Waals surface area contributed by atoms with E-state index in [1.807, 2.05) is 6.92 Å². The van der Waals surface area contributed by atoms with Crippen LogP contribution in [0.4, 0.5) is 24.5 Å². The molecule has 2 rings (SSSR count). The van der Waals surface area contributed by atoms with Gasteiger partial charge in [0.15, 0.2) is 0 Å². The number of nitrogen functional groups attached to an aromatic ring is 1. The third-order valence-electron chi connectivity index (χ3n) is 2.95. The Kier molecular flexibility index (Phi) is 3.83. The van der Waals surface area contributed by atoms with Crippen molar-refractivity contribution in [3.05, 3.63) is 53.9 Å². The first-order valence-corrected chi connectivity index (χ1v) is 6.01. The lowest BCUT2D eigenvalue weighted by Gasteiger charge is -2.17. The number of alkyl halides is 3. The summed E-state index contributed by atoms with van der Waals surface area (Å²) in [6.45, 7) is 1.86. The molecule has 0 radical (unpaired) electrons. The second-order valence-corrected chi connectivity index (χ2v) is 4.45. The Morgan fingerprint density at radius 1 is 1.15 bits per heavy atom. The Morgan fingerprint density at radius 3 is 2.40 bits per heavy atom. The minimum Gasteiger partial charge on any atom is -0.398 e. The fraction of sp³-hybridized carbons (Fsp3) is 0.214. The molecule has 3 nitrogen and oxygen atoms in total. The number of nitrogens with one attached hydrogen (secondary N) is 1. The summed E-state index contributed by atoms with van der Waals surface area (Å²) in [7, 11) is 0. The first-order valence-electron chi connectivity index (χ1n) is 6.01. The number of rotatable bonds is 3. The van der Waals surface area contributed by atoms with Gasteiger partial charge >= 0.3 is 6.18 Å². The van der Waals surface area contributed by atoms with Crippen molar-refractivity contribution in [1.29, 1.82) is 0 Å². The number of hydrogen-bond donors (Lipinski definition) is 2. The zero-order chi connectivity index (χ0) is 14.8. The molecule has 0 fully saturated rings. The van der Waals surface area contributed by atoms with Crippen LogP contribution in [0, 0.1) is 0 Å². The average molecular weight is 281 g/mol. The van der Waals surface area contributed by atoms with Crippen molar-refractivity contribution >= 4 is 11.4 Å². The van der Waals surface area contributed by atoms with Crippen molar-refractivity contribution in [2.24, 2.45) is 0 Å². The number of aromatic nitrogens is 1. The minimum atomic E-state index is -4.46. The summed E-state index contributed by atoms with van der Waals surface area (Å²) in [4.78, 5) is 3.90. The van der Waals surface area contributed by atoms with Crippen molar-refractivity contribution in [3.63, 3.8) is 0 Å². The van der Waals surface area contributed by atoms with Gasteiger partial charge in [0.25, 0.3) is 0 Å². The van der Waals surface area contributed by atoms with Gasteiger partial charge in [0.05, 0.1) is 5.56 Å². The number of halogens is 3. The molecule has 0 saturated heterocycles. The van der Waals surface area contributed by atoms with Gasteiger partial charge in [-0.25, -0.2) is 0 Å². The molecule has 1 unspecified atom stereocenters. The third kappa shape index (κ3) is 3.20. The SMILES string of the molecule is CC(Nc1ccc(N)c(C(F)(F)F)c1)c1ccncc1. The molecule has 2 aromatic rings. The predicted octanol–water partition coefficient (Wildman–Crippen LogP) is 3.86. The summed E-state index contributed by atoms with van der Waals surface area (Å²) in [5.74, 6) is 0. The highest BCUT2D eigenvalue weighted by molar-refractivity contribution is 5.59. The Bertz CT molecular complexity index is 582. The molecule has 6 heteroatoms. The van der Waals surface area contributed by atoms with E-state index in [2.05, 4.69) is 10.3 Å². The molecule has 1 aromatic heterocycles. The highest BCUT2D eigenvalue weighted by Crippen LogP contribution is 2.35. The van der Waals surface area contributed by atoms with Gasteiger partial charge in [-0.1, -0.05) is 0 Å². The summed E-state index contributed by atoms with van der Waals surface area (Å²) in [6, 6.07) is 7.28. The van der Waals surface area contributed by atoms with Crippen LogP contribution in [0.5, 0.6) is 0 Å². The van der Waals surface area contributed by atoms with Crippen LogP contribution in [-0.2, 0) is 6.18 Å². The molecular weight excluding hydrogens is 267 g/mol. The molecule has 0 aliphatic rings. The van der Waals surface area contributed by atoms with Crippen molar-refractivity contribution in [2.45, 2.75) is 19.1 Å². The first-order chi connectivity index (χ1) is 9.38. The van der Waals surface area contributed by atoms with Crippen LogP contribution < -0.4 is 11.1 Å².